The first-order valence-electron chi connectivity index (χ1n) is 9.10. The minimum atomic E-state index is -0.477. The number of thioether (sulfide) groups is 1. The number of nitrogens with one attached hydrogen (secondary N) is 1. The summed E-state index contributed by atoms with van der Waals surface area (Å²) in [6.07, 6.45) is -0.477. The van der Waals surface area contributed by atoms with Gasteiger partial charge in [-0.25, -0.2) is 4.39 Å². The van der Waals surface area contributed by atoms with E-state index in [0.29, 0.717) is 34.0 Å². The molecule has 0 aliphatic heterocycles. The van der Waals surface area contributed by atoms with Gasteiger partial charge in [-0.05, 0) is 50.2 Å². The summed E-state index contributed by atoms with van der Waals surface area (Å²) in [7, 11) is 0. The average molecular weight is 469 g/mol. The maximum Gasteiger partial charge on any atom is 0.234 e. The van der Waals surface area contributed by atoms with Crippen LogP contribution in [0.5, 0.6) is 5.75 Å². The summed E-state index contributed by atoms with van der Waals surface area (Å²) in [6.45, 7) is 4.34. The Morgan fingerprint density at radius 1 is 1.27 bits per heavy atom. The zero-order chi connectivity index (χ0) is 21.7. The van der Waals surface area contributed by atoms with E-state index in [2.05, 4.69) is 15.5 Å². The quantitative estimate of drug-likeness (QED) is 0.434. The molecule has 1 unspecified atom stereocenters. The van der Waals surface area contributed by atoms with Crippen LogP contribution in [0.25, 0.3) is 0 Å². The van der Waals surface area contributed by atoms with Gasteiger partial charge in [0, 0.05) is 17.3 Å². The van der Waals surface area contributed by atoms with Gasteiger partial charge in [-0.15, -0.1) is 10.2 Å². The summed E-state index contributed by atoms with van der Waals surface area (Å²) < 4.78 is 20.9. The average Bonchev–Trinajstić information content (AvgIpc) is 3.11. The van der Waals surface area contributed by atoms with Crippen LogP contribution < -0.4 is 10.1 Å². The second-order valence-corrected chi connectivity index (χ2v) is 8.05. The summed E-state index contributed by atoms with van der Waals surface area (Å²) in [5.74, 6) is 0.467. The van der Waals surface area contributed by atoms with E-state index >= 15 is 0 Å². The Morgan fingerprint density at radius 3 is 2.77 bits per heavy atom. The van der Waals surface area contributed by atoms with Gasteiger partial charge in [-0.2, -0.15) is 0 Å². The van der Waals surface area contributed by atoms with Crippen LogP contribution in [0.1, 0.15) is 25.8 Å². The topological polar surface area (TPSA) is 69.0 Å². The number of hydrogen-bond donors (Lipinski definition) is 1. The van der Waals surface area contributed by atoms with Gasteiger partial charge in [-0.3, -0.25) is 4.79 Å². The third-order valence-corrected chi connectivity index (χ3v) is 5.56. The van der Waals surface area contributed by atoms with E-state index in [1.165, 1.54) is 30.0 Å². The molecule has 2 aromatic carbocycles. The molecule has 1 amide bonds. The fourth-order valence-corrected chi connectivity index (χ4v) is 3.92. The highest BCUT2D eigenvalue weighted by Gasteiger charge is 2.20. The van der Waals surface area contributed by atoms with Crippen LogP contribution in [-0.2, 0) is 11.3 Å². The van der Waals surface area contributed by atoms with Gasteiger partial charge in [0.25, 0.3) is 0 Å². The van der Waals surface area contributed by atoms with Crippen LogP contribution in [0.2, 0.25) is 10.0 Å². The minimum Gasteiger partial charge on any atom is -0.481 e. The Balaban J connectivity index is 1.65. The first kappa shape index (κ1) is 22.4. The molecule has 0 spiro atoms. The maximum atomic E-state index is 13.2. The van der Waals surface area contributed by atoms with Gasteiger partial charge in [0.2, 0.25) is 5.91 Å². The molecule has 0 aliphatic carbocycles. The largest absolute Gasteiger partial charge is 0.481 e. The first-order chi connectivity index (χ1) is 14.4. The summed E-state index contributed by atoms with van der Waals surface area (Å²) in [5.41, 5.74) is 0.629. The molecule has 158 valence electrons. The van der Waals surface area contributed by atoms with E-state index in [1.54, 1.807) is 31.2 Å². The fourth-order valence-electron chi connectivity index (χ4n) is 2.71. The third kappa shape index (κ3) is 5.65. The molecule has 1 heterocycles. The number of benzene rings is 2. The molecule has 0 fully saturated rings. The molecule has 0 aliphatic rings. The van der Waals surface area contributed by atoms with Crippen molar-refractivity contribution in [1.82, 2.24) is 14.8 Å². The van der Waals surface area contributed by atoms with Crippen LogP contribution >= 0.6 is 35.0 Å². The highest BCUT2D eigenvalue weighted by atomic mass is 35.5. The summed E-state index contributed by atoms with van der Waals surface area (Å²) >= 11 is 13.2. The van der Waals surface area contributed by atoms with Crippen molar-refractivity contribution in [3.63, 3.8) is 0 Å². The Hall–Kier alpha value is -2.29. The smallest absolute Gasteiger partial charge is 0.234 e. The van der Waals surface area contributed by atoms with E-state index in [1.807, 2.05) is 11.5 Å². The number of carbonyl (C=O) groups is 1. The number of nitrogens with zero attached hydrogens (tertiary/aromatic N) is 3. The molecule has 6 nitrogen and oxygen atoms in total. The molecule has 3 rings (SSSR count). The Bertz CT molecular complexity index is 1050. The molecule has 0 saturated carbocycles. The van der Waals surface area contributed by atoms with Crippen molar-refractivity contribution in [2.24, 2.45) is 0 Å². The van der Waals surface area contributed by atoms with E-state index in [0.717, 1.165) is 0 Å². The lowest BCUT2D eigenvalue weighted by atomic mass is 10.3. The SMILES string of the molecule is CCn1c(SCC(=O)Nc2cccc(Cl)c2)nnc1C(C)Oc1ccc(F)cc1Cl. The second-order valence-electron chi connectivity index (χ2n) is 6.27. The van der Waals surface area contributed by atoms with Crippen LogP contribution in [0.3, 0.4) is 0 Å². The Morgan fingerprint density at radius 2 is 2.07 bits per heavy atom. The number of halogens is 3. The van der Waals surface area contributed by atoms with E-state index in [9.17, 15) is 9.18 Å². The molecule has 30 heavy (non-hydrogen) atoms. The van der Waals surface area contributed by atoms with Crippen molar-refractivity contribution >= 4 is 46.6 Å². The highest BCUT2D eigenvalue weighted by Crippen LogP contribution is 2.30. The van der Waals surface area contributed by atoms with Crippen molar-refractivity contribution in [1.29, 1.82) is 0 Å². The van der Waals surface area contributed by atoms with Crippen LogP contribution in [0, 0.1) is 5.82 Å². The van der Waals surface area contributed by atoms with Gasteiger partial charge in [-0.1, -0.05) is 41.0 Å². The van der Waals surface area contributed by atoms with E-state index in [-0.39, 0.29) is 16.7 Å². The fraction of sp³-hybridized carbons (Fsp3) is 0.250. The zero-order valence-corrected chi connectivity index (χ0v) is 18.6. The molecule has 10 heteroatoms. The van der Waals surface area contributed by atoms with Gasteiger partial charge in [0.05, 0.1) is 10.8 Å². The van der Waals surface area contributed by atoms with E-state index < -0.39 is 11.9 Å². The van der Waals surface area contributed by atoms with Gasteiger partial charge >= 0.3 is 0 Å². The number of ether oxygens (including phenoxy) is 1. The lowest BCUT2D eigenvalue weighted by Crippen LogP contribution is -2.15. The highest BCUT2D eigenvalue weighted by molar-refractivity contribution is 7.99. The van der Waals surface area contributed by atoms with Crippen molar-refractivity contribution in [2.45, 2.75) is 31.7 Å². The molecule has 0 radical (unpaired) electrons. The molecule has 0 bridgehead atoms. The Kier molecular flexibility index (Phi) is 7.58. The van der Waals surface area contributed by atoms with Crippen LogP contribution in [-0.4, -0.2) is 26.4 Å². The molecule has 1 N–H and O–H groups in total. The van der Waals surface area contributed by atoms with Crippen LogP contribution in [0.15, 0.2) is 47.6 Å². The number of aromatic nitrogens is 3. The van der Waals surface area contributed by atoms with Crippen molar-refractivity contribution < 1.29 is 13.9 Å². The lowest BCUT2D eigenvalue weighted by Gasteiger charge is -2.16. The number of carbonyl (C=O) groups excluding carboxylic acids is 1. The predicted octanol–water partition coefficient (Wildman–Crippen LogP) is 5.61. The molecule has 3 aromatic rings. The molecule has 1 aromatic heterocycles. The minimum absolute atomic E-state index is 0.156. The normalized spacial score (nSPS) is 11.9. The molecule has 1 atom stereocenters. The number of amides is 1. The molecular weight excluding hydrogens is 450 g/mol. The van der Waals surface area contributed by atoms with Gasteiger partial charge in [0.1, 0.15) is 11.6 Å². The number of anilines is 1. The number of hydrogen-bond acceptors (Lipinski definition) is 5. The van der Waals surface area contributed by atoms with Gasteiger partial charge in [0.15, 0.2) is 17.1 Å². The third-order valence-electron chi connectivity index (χ3n) is 4.06. The van der Waals surface area contributed by atoms with Gasteiger partial charge < -0.3 is 14.6 Å². The lowest BCUT2D eigenvalue weighted by molar-refractivity contribution is -0.113. The van der Waals surface area contributed by atoms with Crippen molar-refractivity contribution in [3.05, 3.63) is 64.2 Å². The van der Waals surface area contributed by atoms with Crippen molar-refractivity contribution in [3.8, 4) is 5.75 Å². The zero-order valence-electron chi connectivity index (χ0n) is 16.2. The maximum absolute atomic E-state index is 13.2. The summed E-state index contributed by atoms with van der Waals surface area (Å²) in [6, 6.07) is 10.9. The summed E-state index contributed by atoms with van der Waals surface area (Å²) in [5, 5.41) is 12.5. The Labute approximate surface area is 187 Å². The first-order valence-corrected chi connectivity index (χ1v) is 10.8. The molecular formula is C20H19Cl2FN4O2S. The number of rotatable bonds is 8. The standard InChI is InChI=1S/C20H19Cl2FN4O2S/c1-3-27-19(12(2)29-17-8-7-14(23)10-16(17)22)25-26-20(27)30-11-18(28)24-15-6-4-5-13(21)9-15/h4-10,12H,3,11H2,1-2H3,(H,24,28). The van der Waals surface area contributed by atoms with Crippen LogP contribution in [0.4, 0.5) is 10.1 Å². The second kappa shape index (κ2) is 10.1. The molecule has 0 saturated heterocycles. The van der Waals surface area contributed by atoms with Crippen molar-refractivity contribution in [2.75, 3.05) is 11.1 Å². The van der Waals surface area contributed by atoms with E-state index in [4.69, 9.17) is 27.9 Å². The monoisotopic (exact) mass is 468 g/mol. The summed E-state index contributed by atoms with van der Waals surface area (Å²) in [4.78, 5) is 12.2. The predicted molar refractivity (Wildman–Crippen MR) is 117 cm³/mol.